The summed E-state index contributed by atoms with van der Waals surface area (Å²) in [7, 11) is 0. The number of nitrogens with one attached hydrogen (secondary N) is 2. The Kier molecular flexibility index (Phi) is 8.34. The number of likely N-dealkylation sites (tertiary alicyclic amines) is 1. The lowest BCUT2D eigenvalue weighted by Gasteiger charge is -2.31. The second kappa shape index (κ2) is 12.2. The fourth-order valence-corrected chi connectivity index (χ4v) is 4.89. The predicted molar refractivity (Wildman–Crippen MR) is 150 cm³/mol. The molecule has 39 heavy (non-hydrogen) atoms. The molecule has 1 fully saturated rings. The summed E-state index contributed by atoms with van der Waals surface area (Å²) in [5, 5.41) is 10.8. The highest BCUT2D eigenvalue weighted by Gasteiger charge is 2.28. The molecule has 0 aliphatic carbocycles. The molecule has 5 rings (SSSR count). The maximum atomic E-state index is 13.3. The van der Waals surface area contributed by atoms with E-state index in [-0.39, 0.29) is 23.8 Å². The third kappa shape index (κ3) is 6.71. The minimum atomic E-state index is -0.236. The van der Waals surface area contributed by atoms with E-state index in [0.717, 1.165) is 30.5 Å². The van der Waals surface area contributed by atoms with Crippen LogP contribution in [0.3, 0.4) is 0 Å². The van der Waals surface area contributed by atoms with E-state index in [1.54, 1.807) is 30.3 Å². The van der Waals surface area contributed by atoms with Gasteiger partial charge >= 0.3 is 0 Å². The van der Waals surface area contributed by atoms with Crippen molar-refractivity contribution in [1.82, 2.24) is 20.4 Å². The Bertz CT molecular complexity index is 1420. The molecule has 3 aromatic carbocycles. The highest BCUT2D eigenvalue weighted by atomic mass is 35.5. The number of carbonyl (C=O) groups is 2. The van der Waals surface area contributed by atoms with Gasteiger partial charge in [-0.1, -0.05) is 59.2 Å². The molecule has 0 bridgehead atoms. The second-order valence-electron chi connectivity index (χ2n) is 9.73. The average molecular weight is 544 g/mol. The van der Waals surface area contributed by atoms with Crippen molar-refractivity contribution in [2.75, 3.05) is 18.4 Å². The molecule has 2 heterocycles. The van der Waals surface area contributed by atoms with Gasteiger partial charge in [0, 0.05) is 17.1 Å². The van der Waals surface area contributed by atoms with E-state index < -0.39 is 0 Å². The molecule has 8 nitrogen and oxygen atoms in total. The number of benzene rings is 3. The largest absolute Gasteiger partial charge is 0.345 e. The molecular weight excluding hydrogens is 514 g/mol. The standard InChI is InChI=1S/C30H30ClN5O3/c1-20(21-8-3-2-4-9-21)32-30(38)25-11-5-6-12-26(25)33-29(37)23-10-7-17-36(18-23)19-27-34-28(35-39-27)22-13-15-24(31)16-14-22/h2-6,8-9,11-16,20,23H,7,10,17-19H2,1H3,(H,32,38)(H,33,37). The highest BCUT2D eigenvalue weighted by molar-refractivity contribution is 6.30. The monoisotopic (exact) mass is 543 g/mol. The fourth-order valence-electron chi connectivity index (χ4n) is 4.76. The molecule has 0 spiro atoms. The van der Waals surface area contributed by atoms with Gasteiger partial charge in [0.15, 0.2) is 0 Å². The van der Waals surface area contributed by atoms with Gasteiger partial charge in [-0.15, -0.1) is 0 Å². The molecule has 2 atom stereocenters. The van der Waals surface area contributed by atoms with Crippen LogP contribution in [0.15, 0.2) is 83.4 Å². The molecule has 1 saturated heterocycles. The Hall–Kier alpha value is -4.01. The Labute approximate surface area is 232 Å². The van der Waals surface area contributed by atoms with Gasteiger partial charge in [-0.3, -0.25) is 14.5 Å². The van der Waals surface area contributed by atoms with Gasteiger partial charge < -0.3 is 15.2 Å². The van der Waals surface area contributed by atoms with Gasteiger partial charge in [-0.2, -0.15) is 4.98 Å². The van der Waals surface area contributed by atoms with Crippen LogP contribution in [-0.2, 0) is 11.3 Å². The van der Waals surface area contributed by atoms with Crippen LogP contribution in [0.2, 0.25) is 5.02 Å². The van der Waals surface area contributed by atoms with Crippen molar-refractivity contribution in [2.45, 2.75) is 32.4 Å². The first-order valence-electron chi connectivity index (χ1n) is 13.0. The first-order chi connectivity index (χ1) is 19.0. The van der Waals surface area contributed by atoms with E-state index >= 15 is 0 Å². The van der Waals surface area contributed by atoms with Crippen molar-refractivity contribution in [1.29, 1.82) is 0 Å². The number of carbonyl (C=O) groups excluding carboxylic acids is 2. The molecule has 2 amide bonds. The number of piperidine rings is 1. The normalized spacial score (nSPS) is 16.4. The number of hydrogen-bond acceptors (Lipinski definition) is 6. The summed E-state index contributed by atoms with van der Waals surface area (Å²) < 4.78 is 5.47. The lowest BCUT2D eigenvalue weighted by molar-refractivity contribution is -0.121. The zero-order chi connectivity index (χ0) is 27.2. The maximum Gasteiger partial charge on any atom is 0.253 e. The Balaban J connectivity index is 1.20. The van der Waals surface area contributed by atoms with E-state index in [2.05, 4.69) is 25.7 Å². The zero-order valence-electron chi connectivity index (χ0n) is 21.6. The zero-order valence-corrected chi connectivity index (χ0v) is 22.4. The number of hydrogen-bond donors (Lipinski definition) is 2. The van der Waals surface area contributed by atoms with Crippen molar-refractivity contribution >= 4 is 29.1 Å². The van der Waals surface area contributed by atoms with E-state index in [4.69, 9.17) is 16.1 Å². The van der Waals surface area contributed by atoms with Crippen LogP contribution in [0.5, 0.6) is 0 Å². The number of rotatable bonds is 8. The van der Waals surface area contributed by atoms with Crippen LogP contribution in [0.4, 0.5) is 5.69 Å². The van der Waals surface area contributed by atoms with Gasteiger partial charge in [0.1, 0.15) is 0 Å². The number of halogens is 1. The smallest absolute Gasteiger partial charge is 0.253 e. The first-order valence-corrected chi connectivity index (χ1v) is 13.4. The molecule has 2 N–H and O–H groups in total. The Morgan fingerprint density at radius 1 is 1.05 bits per heavy atom. The van der Waals surface area contributed by atoms with Crippen LogP contribution >= 0.6 is 11.6 Å². The van der Waals surface area contributed by atoms with Gasteiger partial charge in [0.05, 0.1) is 29.8 Å². The molecule has 0 saturated carbocycles. The predicted octanol–water partition coefficient (Wildman–Crippen LogP) is 5.73. The van der Waals surface area contributed by atoms with Crippen LogP contribution in [0, 0.1) is 5.92 Å². The second-order valence-corrected chi connectivity index (χ2v) is 10.2. The van der Waals surface area contributed by atoms with E-state index in [0.29, 0.717) is 41.1 Å². The molecule has 2 unspecified atom stereocenters. The maximum absolute atomic E-state index is 13.3. The minimum absolute atomic E-state index is 0.108. The Morgan fingerprint density at radius 2 is 1.79 bits per heavy atom. The summed E-state index contributed by atoms with van der Waals surface area (Å²) in [6, 6.07) is 24.0. The number of para-hydroxylation sites is 1. The van der Waals surface area contributed by atoms with Gasteiger partial charge in [0.25, 0.3) is 5.91 Å². The average Bonchev–Trinajstić information content (AvgIpc) is 3.42. The van der Waals surface area contributed by atoms with E-state index in [9.17, 15) is 9.59 Å². The number of amides is 2. The summed E-state index contributed by atoms with van der Waals surface area (Å²) >= 11 is 5.97. The van der Waals surface area contributed by atoms with E-state index in [1.807, 2.05) is 55.5 Å². The summed E-state index contributed by atoms with van der Waals surface area (Å²) in [4.78, 5) is 33.0. The summed E-state index contributed by atoms with van der Waals surface area (Å²) in [5.74, 6) is 0.431. The molecule has 1 aromatic heterocycles. The topological polar surface area (TPSA) is 100 Å². The lowest BCUT2D eigenvalue weighted by Crippen LogP contribution is -2.40. The Morgan fingerprint density at radius 3 is 2.59 bits per heavy atom. The molecule has 200 valence electrons. The van der Waals surface area contributed by atoms with Gasteiger partial charge in [-0.05, 0) is 68.3 Å². The molecule has 4 aromatic rings. The van der Waals surface area contributed by atoms with Crippen molar-refractivity contribution < 1.29 is 14.1 Å². The highest BCUT2D eigenvalue weighted by Crippen LogP contribution is 2.24. The van der Waals surface area contributed by atoms with Crippen LogP contribution < -0.4 is 10.6 Å². The summed E-state index contributed by atoms with van der Waals surface area (Å²) in [6.07, 6.45) is 1.63. The summed E-state index contributed by atoms with van der Waals surface area (Å²) in [5.41, 5.74) is 2.77. The van der Waals surface area contributed by atoms with Crippen molar-refractivity contribution in [2.24, 2.45) is 5.92 Å². The number of aromatic nitrogens is 2. The molecule has 1 aliphatic rings. The minimum Gasteiger partial charge on any atom is -0.345 e. The lowest BCUT2D eigenvalue weighted by atomic mass is 9.96. The third-order valence-corrected chi connectivity index (χ3v) is 7.13. The summed E-state index contributed by atoms with van der Waals surface area (Å²) in [6.45, 7) is 3.79. The quantitative estimate of drug-likeness (QED) is 0.294. The molecule has 0 radical (unpaired) electrons. The van der Waals surface area contributed by atoms with Crippen molar-refractivity contribution in [3.63, 3.8) is 0 Å². The first kappa shape index (κ1) is 26.6. The van der Waals surface area contributed by atoms with Crippen LogP contribution in [0.1, 0.15) is 47.6 Å². The number of nitrogens with zero attached hydrogens (tertiary/aromatic N) is 3. The van der Waals surface area contributed by atoms with Gasteiger partial charge in [-0.25, -0.2) is 0 Å². The van der Waals surface area contributed by atoms with Crippen LogP contribution in [-0.4, -0.2) is 39.9 Å². The third-order valence-electron chi connectivity index (χ3n) is 6.88. The fraction of sp³-hybridized carbons (Fsp3) is 0.267. The molecule has 1 aliphatic heterocycles. The molecular formula is C30H30ClN5O3. The van der Waals surface area contributed by atoms with Crippen molar-refractivity contribution in [3.8, 4) is 11.4 Å². The SMILES string of the molecule is CC(NC(=O)c1ccccc1NC(=O)C1CCCN(Cc2nc(-c3ccc(Cl)cc3)no2)C1)c1ccccc1. The van der Waals surface area contributed by atoms with Crippen molar-refractivity contribution in [3.05, 3.63) is 101 Å². The van der Waals surface area contributed by atoms with Gasteiger partial charge in [0.2, 0.25) is 17.6 Å². The number of anilines is 1. The van der Waals surface area contributed by atoms with Crippen LogP contribution in [0.25, 0.3) is 11.4 Å². The van der Waals surface area contributed by atoms with E-state index in [1.165, 1.54) is 0 Å². The molecule has 9 heteroatoms.